The topological polar surface area (TPSA) is 94.8 Å². The lowest BCUT2D eigenvalue weighted by Gasteiger charge is -2.27. The van der Waals surface area contributed by atoms with E-state index >= 15 is 0 Å². The number of benzene rings is 3. The molecule has 0 aliphatic carbocycles. The van der Waals surface area contributed by atoms with Gasteiger partial charge in [0.15, 0.2) is 23.5 Å². The molecule has 0 unspecified atom stereocenters. The van der Waals surface area contributed by atoms with Gasteiger partial charge in [-0.2, -0.15) is 5.10 Å². The molecule has 2 aliphatic rings. The van der Waals surface area contributed by atoms with Gasteiger partial charge in [0.1, 0.15) is 17.4 Å². The highest BCUT2D eigenvalue weighted by molar-refractivity contribution is 6.30. The molecule has 1 N–H and O–H groups in total. The van der Waals surface area contributed by atoms with E-state index in [1.54, 1.807) is 36.4 Å². The molecule has 1 amide bonds. The van der Waals surface area contributed by atoms with Gasteiger partial charge < -0.3 is 14.8 Å². The van der Waals surface area contributed by atoms with E-state index in [0.29, 0.717) is 30.1 Å². The number of aliphatic imine (C=N–C) groups is 1. The van der Waals surface area contributed by atoms with Gasteiger partial charge in [0, 0.05) is 28.1 Å². The van der Waals surface area contributed by atoms with Gasteiger partial charge in [0.2, 0.25) is 5.88 Å². The first kappa shape index (κ1) is 25.8. The summed E-state index contributed by atoms with van der Waals surface area (Å²) < 4.78 is 41.9. The maximum Gasteiger partial charge on any atom is 0.260 e. The summed E-state index contributed by atoms with van der Waals surface area (Å²) in [5, 5.41) is 7.09. The Kier molecular flexibility index (Phi) is 6.87. The number of hydrogen-bond acceptors (Lipinski definition) is 6. The number of aromatic nitrogens is 2. The molecule has 0 radical (unpaired) electrons. The zero-order valence-electron chi connectivity index (χ0n) is 20.8. The van der Waals surface area contributed by atoms with E-state index in [-0.39, 0.29) is 40.2 Å². The number of fused-ring (bicyclic) bond motifs is 1. The number of carbonyl (C=O) groups is 2. The van der Waals surface area contributed by atoms with Crippen molar-refractivity contribution >= 4 is 29.0 Å². The maximum absolute atomic E-state index is 14.8. The van der Waals surface area contributed by atoms with Gasteiger partial charge in [-0.25, -0.2) is 13.5 Å². The zero-order chi connectivity index (χ0) is 27.8. The number of hydrogen-bond donors (Lipinski definition) is 1. The van der Waals surface area contributed by atoms with Crippen molar-refractivity contribution in [2.75, 3.05) is 13.2 Å². The van der Waals surface area contributed by atoms with E-state index in [4.69, 9.17) is 21.1 Å². The van der Waals surface area contributed by atoms with Crippen molar-refractivity contribution in [2.24, 2.45) is 4.99 Å². The zero-order valence-corrected chi connectivity index (χ0v) is 21.6. The van der Waals surface area contributed by atoms with Crippen LogP contribution in [0.5, 0.6) is 11.6 Å². The van der Waals surface area contributed by atoms with E-state index in [9.17, 15) is 18.4 Å². The predicted molar refractivity (Wildman–Crippen MR) is 142 cm³/mol. The Hall–Kier alpha value is -4.41. The second-order valence-corrected chi connectivity index (χ2v) is 9.74. The summed E-state index contributed by atoms with van der Waals surface area (Å²) in [6.45, 7) is 0.662. The molecule has 1 fully saturated rings. The van der Waals surface area contributed by atoms with Crippen molar-refractivity contribution in [2.45, 2.75) is 18.6 Å². The molecule has 1 saturated heterocycles. The molecule has 202 valence electrons. The van der Waals surface area contributed by atoms with Crippen molar-refractivity contribution < 1.29 is 27.8 Å². The molecule has 1 aromatic heterocycles. The highest BCUT2D eigenvalue weighted by Gasteiger charge is 2.33. The Labute approximate surface area is 232 Å². The monoisotopic (exact) mass is 562 g/mol. The standard InChI is InChI=1S/C29H21ClF2N4O4/c30-17-9-10-25(23(32)11-17)40-29-21(13-33-36(29)18-14-39-15-18)28(38)35-27-24(37)12-20-19(7-4-8-22(20)31)26(34-27)16-5-2-1-3-6-16/h1-11,13,18,27H,12,14-15H2,(H,35,38)/t27-/m1/s1. The number of ether oxygens (including phenoxy) is 2. The van der Waals surface area contributed by atoms with Crippen LogP contribution in [0.4, 0.5) is 8.78 Å². The Balaban J connectivity index is 1.36. The lowest BCUT2D eigenvalue weighted by atomic mass is 9.95. The van der Waals surface area contributed by atoms with Crippen molar-refractivity contribution in [3.63, 3.8) is 0 Å². The maximum atomic E-state index is 14.8. The lowest BCUT2D eigenvalue weighted by molar-refractivity contribution is -0.120. The second-order valence-electron chi connectivity index (χ2n) is 9.30. The first-order valence-corrected chi connectivity index (χ1v) is 12.8. The van der Waals surface area contributed by atoms with Crippen LogP contribution in [0.1, 0.15) is 33.1 Å². The first-order valence-electron chi connectivity index (χ1n) is 12.4. The van der Waals surface area contributed by atoms with Crippen molar-refractivity contribution in [3.8, 4) is 11.6 Å². The van der Waals surface area contributed by atoms with E-state index in [1.165, 1.54) is 29.1 Å². The molecule has 0 saturated carbocycles. The average molecular weight is 563 g/mol. The Morgan fingerprint density at radius 1 is 1.05 bits per heavy atom. The van der Waals surface area contributed by atoms with Gasteiger partial charge in [-0.1, -0.05) is 54.1 Å². The van der Waals surface area contributed by atoms with Crippen LogP contribution in [0, 0.1) is 11.6 Å². The Morgan fingerprint density at radius 3 is 2.58 bits per heavy atom. The van der Waals surface area contributed by atoms with Crippen LogP contribution in [0.3, 0.4) is 0 Å². The fourth-order valence-corrected chi connectivity index (χ4v) is 4.70. The molecule has 11 heteroatoms. The second kappa shape index (κ2) is 10.6. The number of ketones is 1. The summed E-state index contributed by atoms with van der Waals surface area (Å²) in [5.41, 5.74) is 1.65. The van der Waals surface area contributed by atoms with E-state index in [1.807, 2.05) is 6.07 Å². The molecular weight excluding hydrogens is 542 g/mol. The van der Waals surface area contributed by atoms with E-state index in [0.717, 1.165) is 6.07 Å². The van der Waals surface area contributed by atoms with Crippen LogP contribution in [-0.2, 0) is 16.0 Å². The van der Waals surface area contributed by atoms with Crippen LogP contribution in [-0.4, -0.2) is 46.6 Å². The van der Waals surface area contributed by atoms with Crippen LogP contribution >= 0.6 is 11.6 Å². The molecule has 40 heavy (non-hydrogen) atoms. The third kappa shape index (κ3) is 4.87. The van der Waals surface area contributed by atoms with Crippen molar-refractivity contribution in [1.82, 2.24) is 15.1 Å². The predicted octanol–water partition coefficient (Wildman–Crippen LogP) is 4.90. The van der Waals surface area contributed by atoms with Crippen molar-refractivity contribution in [3.05, 3.63) is 112 Å². The van der Waals surface area contributed by atoms with Gasteiger partial charge in [0.25, 0.3) is 5.91 Å². The SMILES string of the molecule is O=C(N[C@H]1N=C(c2ccccc2)c2cccc(F)c2CC1=O)c1cnn(C2COC2)c1Oc1ccc(Cl)cc1F. The molecule has 6 rings (SSSR count). The smallest absolute Gasteiger partial charge is 0.260 e. The Morgan fingerprint density at radius 2 is 1.85 bits per heavy atom. The van der Waals surface area contributed by atoms with E-state index < -0.39 is 29.5 Å². The summed E-state index contributed by atoms with van der Waals surface area (Å²) in [4.78, 5) is 31.4. The quantitative estimate of drug-likeness (QED) is 0.361. The molecule has 3 aromatic carbocycles. The average Bonchev–Trinajstić information content (AvgIpc) is 3.25. The summed E-state index contributed by atoms with van der Waals surface area (Å²) >= 11 is 5.87. The minimum absolute atomic E-state index is 0.0327. The third-order valence-electron chi connectivity index (χ3n) is 6.66. The number of amides is 1. The molecular formula is C29H21ClF2N4O4. The number of nitrogens with zero attached hydrogens (tertiary/aromatic N) is 3. The largest absolute Gasteiger partial charge is 0.435 e. The highest BCUT2D eigenvalue weighted by Crippen LogP contribution is 2.33. The molecule has 4 aromatic rings. The number of rotatable bonds is 6. The number of nitrogens with one attached hydrogen (secondary N) is 1. The first-order chi connectivity index (χ1) is 19.4. The molecule has 8 nitrogen and oxygen atoms in total. The molecule has 0 spiro atoms. The minimum atomic E-state index is -1.33. The third-order valence-corrected chi connectivity index (χ3v) is 6.90. The highest BCUT2D eigenvalue weighted by atomic mass is 35.5. The summed E-state index contributed by atoms with van der Waals surface area (Å²) in [6, 6.07) is 17.2. The van der Waals surface area contributed by atoms with Crippen LogP contribution in [0.25, 0.3) is 0 Å². The van der Waals surface area contributed by atoms with Crippen LogP contribution in [0.2, 0.25) is 5.02 Å². The van der Waals surface area contributed by atoms with Gasteiger partial charge in [-0.15, -0.1) is 0 Å². The molecule has 1 atom stereocenters. The Bertz CT molecular complexity index is 1650. The van der Waals surface area contributed by atoms with Crippen LogP contribution in [0.15, 0.2) is 77.9 Å². The fraction of sp³-hybridized carbons (Fsp3) is 0.172. The minimum Gasteiger partial charge on any atom is -0.435 e. The van der Waals surface area contributed by atoms with Gasteiger partial charge in [-0.05, 0) is 24.3 Å². The number of carbonyl (C=O) groups excluding carboxylic acids is 2. The fourth-order valence-electron chi connectivity index (χ4n) is 4.54. The van der Waals surface area contributed by atoms with Gasteiger partial charge in [-0.3, -0.25) is 14.6 Å². The number of halogens is 3. The molecule has 2 aliphatic heterocycles. The molecule has 0 bridgehead atoms. The number of Topliss-reactive ketones (excluding diaryl/α,β-unsaturated/α-hetero) is 1. The van der Waals surface area contributed by atoms with Crippen molar-refractivity contribution in [1.29, 1.82) is 0 Å². The molecule has 3 heterocycles. The van der Waals surface area contributed by atoms with Gasteiger partial charge in [0.05, 0.1) is 25.1 Å². The van der Waals surface area contributed by atoms with Gasteiger partial charge >= 0.3 is 0 Å². The summed E-state index contributed by atoms with van der Waals surface area (Å²) in [6.07, 6.45) is -0.330. The van der Waals surface area contributed by atoms with E-state index in [2.05, 4.69) is 15.4 Å². The summed E-state index contributed by atoms with van der Waals surface area (Å²) in [5.74, 6) is -2.69. The van der Waals surface area contributed by atoms with Crippen LogP contribution < -0.4 is 10.1 Å². The lowest BCUT2D eigenvalue weighted by Crippen LogP contribution is -2.40. The normalized spacial score (nSPS) is 16.9. The summed E-state index contributed by atoms with van der Waals surface area (Å²) in [7, 11) is 0.